The smallest absolute Gasteiger partial charge is 0.233 e. The minimum absolute atomic E-state index is 0.0187. The van der Waals surface area contributed by atoms with Gasteiger partial charge in [-0.3, -0.25) is 9.69 Å². The summed E-state index contributed by atoms with van der Waals surface area (Å²) in [5.41, 5.74) is 0.826. The van der Waals surface area contributed by atoms with Crippen LogP contribution in [0.15, 0.2) is 22.7 Å². The fraction of sp³-hybridized carbons (Fsp3) is 0.500. The van der Waals surface area contributed by atoms with Gasteiger partial charge in [-0.2, -0.15) is 0 Å². The lowest BCUT2D eigenvalue weighted by Crippen LogP contribution is -2.37. The Morgan fingerprint density at radius 1 is 1.53 bits per heavy atom. The van der Waals surface area contributed by atoms with Crippen LogP contribution in [0.4, 0.5) is 0 Å². The quantitative estimate of drug-likeness (QED) is 0.844. The van der Waals surface area contributed by atoms with Gasteiger partial charge in [0, 0.05) is 23.1 Å². The van der Waals surface area contributed by atoms with Crippen molar-refractivity contribution in [2.45, 2.75) is 26.3 Å². The highest BCUT2D eigenvalue weighted by Crippen LogP contribution is 2.30. The molecule has 0 aliphatic rings. The van der Waals surface area contributed by atoms with Gasteiger partial charge in [-0.25, -0.2) is 0 Å². The van der Waals surface area contributed by atoms with E-state index in [0.717, 1.165) is 23.0 Å². The Morgan fingerprint density at radius 2 is 2.21 bits per heavy atom. The van der Waals surface area contributed by atoms with E-state index in [1.165, 1.54) is 0 Å². The van der Waals surface area contributed by atoms with Gasteiger partial charge < -0.3 is 10.4 Å². The van der Waals surface area contributed by atoms with Crippen molar-refractivity contribution in [2.75, 3.05) is 20.1 Å². The van der Waals surface area contributed by atoms with Gasteiger partial charge in [0.05, 0.1) is 6.54 Å². The zero-order valence-electron chi connectivity index (χ0n) is 11.6. The number of amides is 1. The van der Waals surface area contributed by atoms with E-state index in [4.69, 9.17) is 0 Å². The molecule has 4 nitrogen and oxygen atoms in total. The molecule has 1 aromatic rings. The highest BCUT2D eigenvalue weighted by Gasteiger charge is 2.20. The third-order valence-electron chi connectivity index (χ3n) is 3.12. The molecule has 0 saturated carbocycles. The molecule has 0 bridgehead atoms. The second kappa shape index (κ2) is 7.50. The van der Waals surface area contributed by atoms with Crippen LogP contribution in [0, 0.1) is 0 Å². The number of nitrogens with one attached hydrogen (secondary N) is 1. The zero-order chi connectivity index (χ0) is 14.4. The molecule has 1 aromatic carbocycles. The van der Waals surface area contributed by atoms with E-state index in [-0.39, 0.29) is 17.7 Å². The number of phenols is 1. The van der Waals surface area contributed by atoms with Crippen molar-refractivity contribution < 1.29 is 9.90 Å². The number of hydrogen-bond acceptors (Lipinski definition) is 3. The minimum Gasteiger partial charge on any atom is -0.508 e. The molecule has 0 fully saturated rings. The van der Waals surface area contributed by atoms with Crippen molar-refractivity contribution in [1.29, 1.82) is 0 Å². The molecule has 19 heavy (non-hydrogen) atoms. The number of nitrogens with zero attached hydrogens (tertiary/aromatic N) is 1. The first kappa shape index (κ1) is 16.0. The third-order valence-corrected chi connectivity index (χ3v) is 3.62. The molecule has 1 atom stereocenters. The van der Waals surface area contributed by atoms with Gasteiger partial charge in [-0.05, 0) is 38.1 Å². The molecular formula is C14H21BrN2O2. The summed E-state index contributed by atoms with van der Waals surface area (Å²) >= 11 is 3.41. The fourth-order valence-corrected chi connectivity index (χ4v) is 2.40. The summed E-state index contributed by atoms with van der Waals surface area (Å²) in [6.07, 6.45) is 0.954. The number of halogens is 1. The lowest BCUT2D eigenvalue weighted by molar-refractivity contribution is -0.122. The summed E-state index contributed by atoms with van der Waals surface area (Å²) in [7, 11) is 1.63. The van der Waals surface area contributed by atoms with Crippen LogP contribution >= 0.6 is 15.9 Å². The lowest BCUT2D eigenvalue weighted by Gasteiger charge is -2.28. The monoisotopic (exact) mass is 328 g/mol. The topological polar surface area (TPSA) is 52.6 Å². The number of carbonyl (C=O) groups is 1. The molecule has 1 amide bonds. The van der Waals surface area contributed by atoms with Crippen molar-refractivity contribution in [2.24, 2.45) is 0 Å². The van der Waals surface area contributed by atoms with E-state index in [1.54, 1.807) is 19.2 Å². The highest BCUT2D eigenvalue weighted by molar-refractivity contribution is 9.10. The SMILES string of the molecule is CCCN(CC(=O)NC)C(C)c1cc(Br)ccc1O. The first-order valence-electron chi connectivity index (χ1n) is 6.42. The normalized spacial score (nSPS) is 12.5. The summed E-state index contributed by atoms with van der Waals surface area (Å²) in [6.45, 7) is 5.21. The van der Waals surface area contributed by atoms with Gasteiger partial charge in [0.1, 0.15) is 5.75 Å². The summed E-state index contributed by atoms with van der Waals surface area (Å²) in [4.78, 5) is 13.6. The van der Waals surface area contributed by atoms with Gasteiger partial charge in [-0.1, -0.05) is 22.9 Å². The first-order valence-corrected chi connectivity index (χ1v) is 7.22. The van der Waals surface area contributed by atoms with Crippen molar-refractivity contribution >= 4 is 21.8 Å². The molecule has 1 unspecified atom stereocenters. The Kier molecular flexibility index (Phi) is 6.31. The van der Waals surface area contributed by atoms with Crippen LogP contribution in [0.3, 0.4) is 0 Å². The lowest BCUT2D eigenvalue weighted by atomic mass is 10.1. The molecule has 0 aromatic heterocycles. The average Bonchev–Trinajstić information content (AvgIpc) is 2.40. The van der Waals surface area contributed by atoms with E-state index >= 15 is 0 Å². The van der Waals surface area contributed by atoms with Crippen molar-refractivity contribution in [3.05, 3.63) is 28.2 Å². The summed E-state index contributed by atoms with van der Waals surface area (Å²) in [5, 5.41) is 12.6. The average molecular weight is 329 g/mol. The number of benzene rings is 1. The summed E-state index contributed by atoms with van der Waals surface area (Å²) in [5.74, 6) is 0.239. The maximum Gasteiger partial charge on any atom is 0.233 e. The molecule has 0 radical (unpaired) electrons. The maximum absolute atomic E-state index is 11.6. The van der Waals surface area contributed by atoms with Crippen LogP contribution in [0.25, 0.3) is 0 Å². The maximum atomic E-state index is 11.6. The molecule has 0 spiro atoms. The Labute approximate surface area is 122 Å². The second-order valence-electron chi connectivity index (χ2n) is 4.52. The van der Waals surface area contributed by atoms with E-state index in [2.05, 4.69) is 33.1 Å². The number of carbonyl (C=O) groups excluding carboxylic acids is 1. The van der Waals surface area contributed by atoms with Crippen molar-refractivity contribution in [3.63, 3.8) is 0 Å². The number of phenolic OH excluding ortho intramolecular Hbond substituents is 1. The summed E-state index contributed by atoms with van der Waals surface area (Å²) in [6, 6.07) is 5.34. The van der Waals surface area contributed by atoms with E-state index < -0.39 is 0 Å². The van der Waals surface area contributed by atoms with Crippen LogP contribution in [0.1, 0.15) is 31.9 Å². The molecule has 2 N–H and O–H groups in total. The molecule has 0 aliphatic heterocycles. The van der Waals surface area contributed by atoms with Crippen LogP contribution in [-0.4, -0.2) is 36.1 Å². The highest BCUT2D eigenvalue weighted by atomic mass is 79.9. The molecular weight excluding hydrogens is 308 g/mol. The molecule has 0 heterocycles. The van der Waals surface area contributed by atoms with E-state index in [0.29, 0.717) is 6.54 Å². The molecule has 0 saturated heterocycles. The van der Waals surface area contributed by atoms with Crippen molar-refractivity contribution in [3.8, 4) is 5.75 Å². The molecule has 0 aliphatic carbocycles. The van der Waals surface area contributed by atoms with Gasteiger partial charge in [0.15, 0.2) is 0 Å². The van der Waals surface area contributed by atoms with Gasteiger partial charge in [0.2, 0.25) is 5.91 Å². The first-order chi connectivity index (χ1) is 8.99. The Morgan fingerprint density at radius 3 is 2.79 bits per heavy atom. The standard InChI is InChI=1S/C14H21BrN2O2/c1-4-7-17(9-14(19)16-3)10(2)12-8-11(15)5-6-13(12)18/h5-6,8,10,18H,4,7,9H2,1-3H3,(H,16,19). The van der Waals surface area contributed by atoms with Gasteiger partial charge >= 0.3 is 0 Å². The second-order valence-corrected chi connectivity index (χ2v) is 5.44. The zero-order valence-corrected chi connectivity index (χ0v) is 13.2. The Bertz CT molecular complexity index is 437. The van der Waals surface area contributed by atoms with Gasteiger partial charge in [-0.15, -0.1) is 0 Å². The number of rotatable bonds is 6. The van der Waals surface area contributed by atoms with Crippen LogP contribution in [-0.2, 0) is 4.79 Å². The van der Waals surface area contributed by atoms with E-state index in [1.807, 2.05) is 13.0 Å². The molecule has 5 heteroatoms. The minimum atomic E-state index is -0.0188. The predicted molar refractivity (Wildman–Crippen MR) is 80.2 cm³/mol. The van der Waals surface area contributed by atoms with Crippen LogP contribution < -0.4 is 5.32 Å². The molecule has 1 rings (SSSR count). The fourth-order valence-electron chi connectivity index (χ4n) is 2.02. The van der Waals surface area contributed by atoms with Crippen LogP contribution in [0.5, 0.6) is 5.75 Å². The van der Waals surface area contributed by atoms with E-state index in [9.17, 15) is 9.90 Å². The van der Waals surface area contributed by atoms with Gasteiger partial charge in [0.25, 0.3) is 0 Å². The number of hydrogen-bond donors (Lipinski definition) is 2. The number of aromatic hydroxyl groups is 1. The van der Waals surface area contributed by atoms with Crippen LogP contribution in [0.2, 0.25) is 0 Å². The molecule has 106 valence electrons. The van der Waals surface area contributed by atoms with Crippen molar-refractivity contribution in [1.82, 2.24) is 10.2 Å². The Hall–Kier alpha value is -1.07. The summed E-state index contributed by atoms with van der Waals surface area (Å²) < 4.78 is 0.920. The third kappa shape index (κ3) is 4.51. The predicted octanol–water partition coefficient (Wildman–Crippen LogP) is 2.67. The largest absolute Gasteiger partial charge is 0.508 e. The Balaban J connectivity index is 2.94. The number of likely N-dealkylation sites (N-methyl/N-ethyl adjacent to an activating group) is 1.